The predicted molar refractivity (Wildman–Crippen MR) is 104 cm³/mol. The average Bonchev–Trinajstić information content (AvgIpc) is 3.29. The van der Waals surface area contributed by atoms with Gasteiger partial charge in [0.2, 0.25) is 0 Å². The smallest absolute Gasteiger partial charge is 0.0457 e. The van der Waals surface area contributed by atoms with Gasteiger partial charge in [0.1, 0.15) is 0 Å². The lowest BCUT2D eigenvalue weighted by atomic mass is 9.85. The lowest BCUT2D eigenvalue weighted by molar-refractivity contribution is 0.998. The normalized spacial score (nSPS) is 11.6. The number of nitrogens with one attached hydrogen (secondary N) is 2. The van der Waals surface area contributed by atoms with Crippen LogP contribution < -0.4 is 0 Å². The molecule has 0 aliphatic carbocycles. The van der Waals surface area contributed by atoms with E-state index in [9.17, 15) is 0 Å². The van der Waals surface area contributed by atoms with Gasteiger partial charge in [-0.25, -0.2) is 0 Å². The fraction of sp³-hybridized carbons (Fsp3) is 0.0435. The summed E-state index contributed by atoms with van der Waals surface area (Å²) < 4.78 is 0. The van der Waals surface area contributed by atoms with Crippen molar-refractivity contribution in [2.24, 2.45) is 0 Å². The van der Waals surface area contributed by atoms with Crippen molar-refractivity contribution in [1.82, 2.24) is 9.97 Å². The molecule has 0 amide bonds. The van der Waals surface area contributed by atoms with E-state index in [4.69, 9.17) is 0 Å². The van der Waals surface area contributed by atoms with Crippen LogP contribution in [0, 0.1) is 0 Å². The van der Waals surface area contributed by atoms with Crippen LogP contribution in [0.4, 0.5) is 0 Å². The molecule has 2 N–H and O–H groups in total. The fourth-order valence-electron chi connectivity index (χ4n) is 3.84. The Balaban J connectivity index is 1.81. The largest absolute Gasteiger partial charge is 0.361 e. The molecule has 0 atom stereocenters. The first-order valence-corrected chi connectivity index (χ1v) is 8.59. The fourth-order valence-corrected chi connectivity index (χ4v) is 3.84. The lowest BCUT2D eigenvalue weighted by Gasteiger charge is -2.17. The minimum atomic E-state index is 0.188. The topological polar surface area (TPSA) is 31.6 Å². The molecule has 2 heterocycles. The van der Waals surface area contributed by atoms with Crippen molar-refractivity contribution >= 4 is 21.8 Å². The Bertz CT molecular complexity index is 1070. The van der Waals surface area contributed by atoms with Gasteiger partial charge >= 0.3 is 0 Å². The number of hydrogen-bond donors (Lipinski definition) is 2. The molecular weight excluding hydrogens is 304 g/mol. The molecule has 0 aliphatic heterocycles. The van der Waals surface area contributed by atoms with Gasteiger partial charge in [-0.1, -0.05) is 66.7 Å². The van der Waals surface area contributed by atoms with E-state index >= 15 is 0 Å². The summed E-state index contributed by atoms with van der Waals surface area (Å²) in [6.45, 7) is 0. The number of aromatic amines is 2. The number of rotatable bonds is 3. The molecule has 0 radical (unpaired) electrons. The van der Waals surface area contributed by atoms with Gasteiger partial charge in [0.15, 0.2) is 0 Å². The van der Waals surface area contributed by atoms with Crippen molar-refractivity contribution in [3.8, 4) is 0 Å². The molecular formula is C23H18N2. The summed E-state index contributed by atoms with van der Waals surface area (Å²) in [7, 11) is 0. The average molecular weight is 322 g/mol. The van der Waals surface area contributed by atoms with E-state index in [1.165, 1.54) is 38.5 Å². The van der Waals surface area contributed by atoms with Crippen LogP contribution in [0.5, 0.6) is 0 Å². The van der Waals surface area contributed by atoms with Gasteiger partial charge in [0.05, 0.1) is 0 Å². The molecule has 120 valence electrons. The lowest BCUT2D eigenvalue weighted by Crippen LogP contribution is -2.02. The van der Waals surface area contributed by atoms with E-state index in [2.05, 4.69) is 101 Å². The van der Waals surface area contributed by atoms with Crippen LogP contribution in [0.15, 0.2) is 91.3 Å². The first kappa shape index (κ1) is 14.1. The Hall–Kier alpha value is -3.26. The summed E-state index contributed by atoms with van der Waals surface area (Å²) in [5.74, 6) is 0.188. The number of fused-ring (bicyclic) bond motifs is 2. The molecule has 5 rings (SSSR count). The number of aromatic nitrogens is 2. The Kier molecular flexibility index (Phi) is 3.20. The highest BCUT2D eigenvalue weighted by Gasteiger charge is 2.22. The van der Waals surface area contributed by atoms with Crippen molar-refractivity contribution in [3.63, 3.8) is 0 Å². The Morgan fingerprint density at radius 3 is 1.56 bits per heavy atom. The highest BCUT2D eigenvalue weighted by Crippen LogP contribution is 2.39. The molecule has 2 aromatic heterocycles. The SMILES string of the molecule is c1ccc(C(c2c[nH]c3ccccc23)c2c[nH]c3ccccc23)cc1. The minimum Gasteiger partial charge on any atom is -0.361 e. The van der Waals surface area contributed by atoms with Gasteiger partial charge in [-0.3, -0.25) is 0 Å². The van der Waals surface area contributed by atoms with Crippen LogP contribution in [-0.4, -0.2) is 9.97 Å². The third-order valence-corrected chi connectivity index (χ3v) is 5.00. The molecule has 0 unspecified atom stereocenters. The standard InChI is InChI=1S/C23H18N2/c1-2-8-16(9-3-1)23(19-14-24-21-12-6-4-10-17(19)21)20-15-25-22-13-7-5-11-18(20)22/h1-15,23-25H. The molecule has 0 saturated heterocycles. The van der Waals surface area contributed by atoms with Crippen molar-refractivity contribution in [2.75, 3.05) is 0 Å². The molecule has 5 aromatic rings. The van der Waals surface area contributed by atoms with Crippen LogP contribution in [0.2, 0.25) is 0 Å². The van der Waals surface area contributed by atoms with E-state index in [-0.39, 0.29) is 5.92 Å². The zero-order valence-electron chi connectivity index (χ0n) is 13.7. The van der Waals surface area contributed by atoms with Gasteiger partial charge in [-0.05, 0) is 28.8 Å². The van der Waals surface area contributed by atoms with Crippen LogP contribution in [0.3, 0.4) is 0 Å². The highest BCUT2D eigenvalue weighted by molar-refractivity contribution is 5.89. The van der Waals surface area contributed by atoms with E-state index in [1.807, 2.05) is 0 Å². The van der Waals surface area contributed by atoms with Crippen molar-refractivity contribution < 1.29 is 0 Å². The van der Waals surface area contributed by atoms with Crippen LogP contribution in [0.1, 0.15) is 22.6 Å². The second-order valence-electron chi connectivity index (χ2n) is 6.42. The maximum Gasteiger partial charge on any atom is 0.0457 e. The van der Waals surface area contributed by atoms with E-state index in [0.717, 1.165) is 0 Å². The van der Waals surface area contributed by atoms with Crippen molar-refractivity contribution in [2.45, 2.75) is 5.92 Å². The second kappa shape index (κ2) is 5.67. The highest BCUT2D eigenvalue weighted by atomic mass is 14.7. The first-order valence-electron chi connectivity index (χ1n) is 8.59. The number of para-hydroxylation sites is 2. The third-order valence-electron chi connectivity index (χ3n) is 5.00. The van der Waals surface area contributed by atoms with E-state index in [0.29, 0.717) is 0 Å². The van der Waals surface area contributed by atoms with Gasteiger partial charge in [0, 0.05) is 40.1 Å². The second-order valence-corrected chi connectivity index (χ2v) is 6.42. The molecule has 0 aliphatic rings. The van der Waals surface area contributed by atoms with Crippen molar-refractivity contribution in [1.29, 1.82) is 0 Å². The number of H-pyrrole nitrogens is 2. The van der Waals surface area contributed by atoms with Crippen molar-refractivity contribution in [3.05, 3.63) is 108 Å². The zero-order chi connectivity index (χ0) is 16.6. The van der Waals surface area contributed by atoms with Gasteiger partial charge in [0.25, 0.3) is 0 Å². The molecule has 2 nitrogen and oxygen atoms in total. The van der Waals surface area contributed by atoms with Gasteiger partial charge < -0.3 is 9.97 Å². The molecule has 0 bridgehead atoms. The quantitative estimate of drug-likeness (QED) is 0.419. The molecule has 2 heteroatoms. The zero-order valence-corrected chi connectivity index (χ0v) is 13.7. The summed E-state index contributed by atoms with van der Waals surface area (Å²) in [5, 5.41) is 2.56. The maximum atomic E-state index is 3.44. The molecule has 0 fully saturated rings. The summed E-state index contributed by atoms with van der Waals surface area (Å²) in [6.07, 6.45) is 4.31. The van der Waals surface area contributed by atoms with E-state index < -0.39 is 0 Å². The summed E-state index contributed by atoms with van der Waals surface area (Å²) in [6, 6.07) is 27.8. The monoisotopic (exact) mass is 322 g/mol. The number of benzene rings is 3. The summed E-state index contributed by atoms with van der Waals surface area (Å²) in [5.41, 5.74) is 6.28. The van der Waals surface area contributed by atoms with Gasteiger partial charge in [-0.2, -0.15) is 0 Å². The van der Waals surface area contributed by atoms with E-state index in [1.54, 1.807) is 0 Å². The molecule has 0 spiro atoms. The van der Waals surface area contributed by atoms with Gasteiger partial charge in [-0.15, -0.1) is 0 Å². The third kappa shape index (κ3) is 2.26. The Labute approximate surface area is 146 Å². The molecule has 0 saturated carbocycles. The first-order chi connectivity index (χ1) is 12.4. The molecule has 3 aromatic carbocycles. The summed E-state index contributed by atoms with van der Waals surface area (Å²) >= 11 is 0. The Morgan fingerprint density at radius 1 is 0.520 bits per heavy atom. The molecule has 25 heavy (non-hydrogen) atoms. The van der Waals surface area contributed by atoms with Crippen LogP contribution >= 0.6 is 0 Å². The minimum absolute atomic E-state index is 0.188. The maximum absolute atomic E-state index is 3.44. The van der Waals surface area contributed by atoms with Crippen LogP contribution in [0.25, 0.3) is 21.8 Å². The Morgan fingerprint density at radius 2 is 1.00 bits per heavy atom. The van der Waals surface area contributed by atoms with Crippen LogP contribution in [-0.2, 0) is 0 Å². The predicted octanol–water partition coefficient (Wildman–Crippen LogP) is 5.83. The summed E-state index contributed by atoms with van der Waals surface area (Å²) in [4.78, 5) is 6.88. The number of hydrogen-bond acceptors (Lipinski definition) is 0.